The highest BCUT2D eigenvalue weighted by Gasteiger charge is 2.46. The summed E-state index contributed by atoms with van der Waals surface area (Å²) in [6.07, 6.45) is 3.49. The summed E-state index contributed by atoms with van der Waals surface area (Å²) >= 11 is 5.89. The zero-order valence-electron chi connectivity index (χ0n) is 17.0. The summed E-state index contributed by atoms with van der Waals surface area (Å²) in [5.74, 6) is -0.633. The Balaban J connectivity index is 1.53. The van der Waals surface area contributed by atoms with Crippen LogP contribution in [0.3, 0.4) is 0 Å². The summed E-state index contributed by atoms with van der Waals surface area (Å²) in [4.78, 5) is 40.5. The molecule has 2 aliphatic rings. The number of nitrogens with zero attached hydrogens (tertiary/aromatic N) is 1. The second-order valence-corrected chi connectivity index (χ2v) is 8.38. The molecule has 3 atom stereocenters. The third-order valence-electron chi connectivity index (χ3n) is 5.82. The van der Waals surface area contributed by atoms with E-state index in [9.17, 15) is 14.4 Å². The topological polar surface area (TPSA) is 90.5 Å². The summed E-state index contributed by atoms with van der Waals surface area (Å²) in [6.45, 7) is 0. The monoisotopic (exact) mass is 440 g/mol. The third kappa shape index (κ3) is 4.99. The highest BCUT2D eigenvalue weighted by molar-refractivity contribution is 6.30. The Kier molecular flexibility index (Phi) is 6.42. The number of rotatable bonds is 4. The first-order valence-corrected chi connectivity index (χ1v) is 10.9. The Hall–Kier alpha value is -3.06. The van der Waals surface area contributed by atoms with Gasteiger partial charge in [0.05, 0.1) is 12.5 Å². The van der Waals surface area contributed by atoms with Gasteiger partial charge in [-0.2, -0.15) is 0 Å². The average Bonchev–Trinajstić information content (AvgIpc) is 2.76. The fourth-order valence-electron chi connectivity index (χ4n) is 4.36. The van der Waals surface area contributed by atoms with Gasteiger partial charge in [0.1, 0.15) is 6.04 Å². The standard InChI is InChI=1S/C23H25ClN4O3/c24-15-10-12-17(13-11-15)25-21(29)14-20-22(30)27-18-8-4-5-9-19(18)28(20)23(31)26-16-6-2-1-3-7-16/h1-3,6-7,10-13,18-20H,4-5,8-9,14H2,(H,25,29)(H,26,31)(H,27,30)/t18-,19-,20-/m0/s1. The first-order chi connectivity index (χ1) is 15.0. The minimum absolute atomic E-state index is 0.0849. The number of hydrogen-bond acceptors (Lipinski definition) is 3. The number of carbonyl (C=O) groups excluding carboxylic acids is 3. The molecule has 4 rings (SSSR count). The van der Waals surface area contributed by atoms with Crippen LogP contribution in [0.2, 0.25) is 5.02 Å². The molecular weight excluding hydrogens is 416 g/mol. The smallest absolute Gasteiger partial charge is 0.322 e. The zero-order chi connectivity index (χ0) is 21.8. The lowest BCUT2D eigenvalue weighted by Gasteiger charge is -2.47. The van der Waals surface area contributed by atoms with E-state index in [0.29, 0.717) is 16.4 Å². The van der Waals surface area contributed by atoms with Crippen molar-refractivity contribution in [2.45, 2.75) is 50.2 Å². The Morgan fingerprint density at radius 2 is 1.65 bits per heavy atom. The average molecular weight is 441 g/mol. The molecule has 31 heavy (non-hydrogen) atoms. The van der Waals surface area contributed by atoms with Gasteiger partial charge in [-0.3, -0.25) is 9.59 Å². The number of benzene rings is 2. The molecule has 1 saturated carbocycles. The van der Waals surface area contributed by atoms with Crippen LogP contribution >= 0.6 is 11.6 Å². The SMILES string of the molecule is O=C(C[C@H]1C(=O)N[C@H]2CCCC[C@@H]2N1C(=O)Nc1ccccc1)Nc1ccc(Cl)cc1. The van der Waals surface area contributed by atoms with Crippen LogP contribution < -0.4 is 16.0 Å². The molecule has 2 aromatic carbocycles. The first kappa shape index (κ1) is 21.2. The fourth-order valence-corrected chi connectivity index (χ4v) is 4.49. The van der Waals surface area contributed by atoms with Crippen LogP contribution in [0.4, 0.5) is 16.2 Å². The van der Waals surface area contributed by atoms with Crippen molar-refractivity contribution in [3.05, 3.63) is 59.6 Å². The third-order valence-corrected chi connectivity index (χ3v) is 6.07. The molecule has 0 aromatic heterocycles. The maximum absolute atomic E-state index is 13.2. The highest BCUT2D eigenvalue weighted by atomic mass is 35.5. The molecule has 4 amide bonds. The molecule has 3 N–H and O–H groups in total. The number of halogens is 1. The largest absolute Gasteiger partial charge is 0.349 e. The van der Waals surface area contributed by atoms with Gasteiger partial charge in [-0.1, -0.05) is 42.6 Å². The van der Waals surface area contributed by atoms with Crippen LogP contribution in [-0.2, 0) is 9.59 Å². The summed E-state index contributed by atoms with van der Waals surface area (Å²) in [6, 6.07) is 14.4. The second kappa shape index (κ2) is 9.39. The molecule has 162 valence electrons. The molecule has 1 aliphatic carbocycles. The number of amides is 4. The van der Waals surface area contributed by atoms with E-state index < -0.39 is 6.04 Å². The molecule has 7 nitrogen and oxygen atoms in total. The van der Waals surface area contributed by atoms with E-state index in [1.807, 2.05) is 18.2 Å². The van der Waals surface area contributed by atoms with Gasteiger partial charge in [0.15, 0.2) is 0 Å². The normalized spacial score (nSPS) is 22.8. The van der Waals surface area contributed by atoms with Crippen molar-refractivity contribution < 1.29 is 14.4 Å². The van der Waals surface area contributed by atoms with Crippen LogP contribution in [0.15, 0.2) is 54.6 Å². The lowest BCUT2D eigenvalue weighted by Crippen LogP contribution is -2.68. The Labute approximate surface area is 186 Å². The minimum Gasteiger partial charge on any atom is -0.349 e. The van der Waals surface area contributed by atoms with Crippen LogP contribution in [0.25, 0.3) is 0 Å². The van der Waals surface area contributed by atoms with Gasteiger partial charge in [0, 0.05) is 22.4 Å². The van der Waals surface area contributed by atoms with E-state index in [4.69, 9.17) is 11.6 Å². The van der Waals surface area contributed by atoms with Crippen molar-refractivity contribution in [3.8, 4) is 0 Å². The number of urea groups is 1. The maximum Gasteiger partial charge on any atom is 0.322 e. The van der Waals surface area contributed by atoms with Gasteiger partial charge in [-0.15, -0.1) is 0 Å². The first-order valence-electron chi connectivity index (χ1n) is 10.5. The number of para-hydroxylation sites is 1. The number of piperazine rings is 1. The molecule has 1 heterocycles. The van der Waals surface area contributed by atoms with Gasteiger partial charge >= 0.3 is 6.03 Å². The van der Waals surface area contributed by atoms with Gasteiger partial charge in [0.2, 0.25) is 11.8 Å². The molecule has 0 unspecified atom stereocenters. The van der Waals surface area contributed by atoms with Crippen molar-refractivity contribution >= 4 is 40.8 Å². The van der Waals surface area contributed by atoms with Crippen molar-refractivity contribution in [1.82, 2.24) is 10.2 Å². The van der Waals surface area contributed by atoms with Gasteiger partial charge in [0.25, 0.3) is 0 Å². The van der Waals surface area contributed by atoms with E-state index in [1.165, 1.54) is 0 Å². The molecule has 0 bridgehead atoms. The number of nitrogens with one attached hydrogen (secondary N) is 3. The van der Waals surface area contributed by atoms with Crippen LogP contribution in [-0.4, -0.2) is 40.9 Å². The predicted molar refractivity (Wildman–Crippen MR) is 120 cm³/mol. The van der Waals surface area contributed by atoms with Gasteiger partial charge in [-0.25, -0.2) is 4.79 Å². The molecule has 1 saturated heterocycles. The Morgan fingerprint density at radius 3 is 2.39 bits per heavy atom. The van der Waals surface area contributed by atoms with Crippen molar-refractivity contribution in [1.29, 1.82) is 0 Å². The number of fused-ring (bicyclic) bond motifs is 1. The predicted octanol–water partition coefficient (Wildman–Crippen LogP) is 4.01. The molecule has 1 aliphatic heterocycles. The van der Waals surface area contributed by atoms with Crippen molar-refractivity contribution in [2.75, 3.05) is 10.6 Å². The summed E-state index contributed by atoms with van der Waals surface area (Å²) < 4.78 is 0. The summed E-state index contributed by atoms with van der Waals surface area (Å²) in [5.41, 5.74) is 1.23. The molecule has 2 aromatic rings. The van der Waals surface area contributed by atoms with Crippen molar-refractivity contribution in [2.24, 2.45) is 0 Å². The molecule has 8 heteroatoms. The quantitative estimate of drug-likeness (QED) is 0.670. The van der Waals surface area contributed by atoms with E-state index in [2.05, 4.69) is 16.0 Å². The lowest BCUT2D eigenvalue weighted by molar-refractivity contribution is -0.135. The van der Waals surface area contributed by atoms with E-state index >= 15 is 0 Å². The fraction of sp³-hybridized carbons (Fsp3) is 0.348. The summed E-state index contributed by atoms with van der Waals surface area (Å²) in [5, 5.41) is 9.27. The minimum atomic E-state index is -0.879. The number of carbonyl (C=O) groups is 3. The molecular formula is C23H25ClN4O3. The highest BCUT2D eigenvalue weighted by Crippen LogP contribution is 2.30. The Bertz CT molecular complexity index is 951. The maximum atomic E-state index is 13.2. The van der Waals surface area contributed by atoms with Crippen LogP contribution in [0.1, 0.15) is 32.1 Å². The van der Waals surface area contributed by atoms with Gasteiger partial charge < -0.3 is 20.9 Å². The van der Waals surface area contributed by atoms with Crippen molar-refractivity contribution in [3.63, 3.8) is 0 Å². The van der Waals surface area contributed by atoms with E-state index in [1.54, 1.807) is 41.3 Å². The molecule has 0 radical (unpaired) electrons. The van der Waals surface area contributed by atoms with E-state index in [-0.39, 0.29) is 36.3 Å². The number of anilines is 2. The summed E-state index contributed by atoms with van der Waals surface area (Å²) in [7, 11) is 0. The van der Waals surface area contributed by atoms with E-state index in [0.717, 1.165) is 25.7 Å². The van der Waals surface area contributed by atoms with Crippen LogP contribution in [0, 0.1) is 0 Å². The lowest BCUT2D eigenvalue weighted by atomic mass is 9.85. The van der Waals surface area contributed by atoms with Crippen LogP contribution in [0.5, 0.6) is 0 Å². The zero-order valence-corrected chi connectivity index (χ0v) is 17.8. The molecule has 2 fully saturated rings. The second-order valence-electron chi connectivity index (χ2n) is 7.95. The Morgan fingerprint density at radius 1 is 0.968 bits per heavy atom. The number of hydrogen-bond donors (Lipinski definition) is 3. The molecule has 0 spiro atoms. The van der Waals surface area contributed by atoms with Gasteiger partial charge in [-0.05, 0) is 49.2 Å².